The molecule has 0 aliphatic carbocycles. The van der Waals surface area contributed by atoms with Crippen LogP contribution < -0.4 is 10.2 Å². The molecule has 0 spiro atoms. The molecule has 0 radical (unpaired) electrons. The number of unbranched alkanes of at least 4 members (excludes halogenated alkanes) is 8. The quantitative estimate of drug-likeness (QED) is 0.0646. The Morgan fingerprint density at radius 1 is 0.419 bits per heavy atom. The Morgan fingerprint density at radius 3 is 1.44 bits per heavy atom. The van der Waals surface area contributed by atoms with E-state index in [0.717, 1.165) is 24.2 Å². The molecule has 0 fully saturated rings. The van der Waals surface area contributed by atoms with Crippen molar-refractivity contribution in [2.45, 2.75) is 144 Å². The lowest BCUT2D eigenvalue weighted by molar-refractivity contribution is 0.607. The number of aryl methyl sites for hydroxylation is 4. The van der Waals surface area contributed by atoms with Gasteiger partial charge in [-0.15, -0.1) is 0 Å². The molecule has 7 aromatic carbocycles. The highest BCUT2D eigenvalue weighted by atomic mass is 15.1. The van der Waals surface area contributed by atoms with Crippen LogP contribution in [0.5, 0.6) is 0 Å². The third-order valence-electron chi connectivity index (χ3n) is 12.4. The third kappa shape index (κ3) is 12.9. The summed E-state index contributed by atoms with van der Waals surface area (Å²) in [5.74, 6) is 1.09. The Morgan fingerprint density at radius 2 is 0.871 bits per heavy atom. The molecule has 0 saturated carbocycles. The zero-order chi connectivity index (χ0) is 43.8. The zero-order valence-electron chi connectivity index (χ0n) is 39.4. The van der Waals surface area contributed by atoms with Gasteiger partial charge in [0.2, 0.25) is 0 Å². The summed E-state index contributed by atoms with van der Waals surface area (Å²) in [4.78, 5) is 2.52. The molecule has 0 bridgehead atoms. The molecule has 0 aliphatic heterocycles. The third-order valence-corrected chi connectivity index (χ3v) is 12.4. The van der Waals surface area contributed by atoms with E-state index in [0.29, 0.717) is 11.8 Å². The second-order valence-corrected chi connectivity index (χ2v) is 18.3. The second-order valence-electron chi connectivity index (χ2n) is 18.3. The van der Waals surface area contributed by atoms with Gasteiger partial charge in [0.1, 0.15) is 0 Å². The fourth-order valence-corrected chi connectivity index (χ4v) is 8.48. The van der Waals surface area contributed by atoms with E-state index < -0.39 is 0 Å². The molecule has 0 atom stereocenters. The normalized spacial score (nSPS) is 11.3. The van der Waals surface area contributed by atoms with Crippen molar-refractivity contribution in [1.29, 1.82) is 0 Å². The molecule has 0 amide bonds. The number of anilines is 5. The van der Waals surface area contributed by atoms with Gasteiger partial charge in [0.25, 0.3) is 0 Å². The van der Waals surface area contributed by atoms with Gasteiger partial charge in [-0.25, -0.2) is 0 Å². The van der Waals surface area contributed by atoms with E-state index in [2.05, 4.69) is 205 Å². The van der Waals surface area contributed by atoms with Gasteiger partial charge in [-0.3, -0.25) is 0 Å². The largest absolute Gasteiger partial charge is 0.356 e. The van der Waals surface area contributed by atoms with Crippen LogP contribution in [0, 0.1) is 13.8 Å². The fraction of sp³-hybridized carbons (Fsp3) is 0.367. The summed E-state index contributed by atoms with van der Waals surface area (Å²) in [7, 11) is 0. The maximum absolute atomic E-state index is 3.40. The van der Waals surface area contributed by atoms with E-state index in [1.807, 2.05) is 0 Å². The molecule has 2 nitrogen and oxygen atoms in total. The number of benzene rings is 7. The fourth-order valence-electron chi connectivity index (χ4n) is 8.48. The number of nitrogens with zero attached hydrogens (tertiary/aromatic N) is 1. The molecule has 7 rings (SSSR count). The van der Waals surface area contributed by atoms with Gasteiger partial charge in [-0.05, 0) is 145 Å². The number of hydrogen-bond donors (Lipinski definition) is 1. The maximum atomic E-state index is 3.40. The predicted molar refractivity (Wildman–Crippen MR) is 275 cm³/mol. The minimum absolute atomic E-state index is 0.505. The Balaban J connectivity index is 0.000000314. The summed E-state index contributed by atoms with van der Waals surface area (Å²) >= 11 is 0. The van der Waals surface area contributed by atoms with Crippen LogP contribution in [-0.2, 0) is 12.8 Å². The Kier molecular flexibility index (Phi) is 17.3. The maximum Gasteiger partial charge on any atom is 0.0618 e. The summed E-state index contributed by atoms with van der Waals surface area (Å²) < 4.78 is 0. The van der Waals surface area contributed by atoms with E-state index >= 15 is 0 Å². The first-order chi connectivity index (χ1) is 30.1. The molecule has 0 aliphatic rings. The lowest BCUT2D eigenvalue weighted by atomic mass is 9.94. The van der Waals surface area contributed by atoms with Crippen molar-refractivity contribution < 1.29 is 0 Å². The molecule has 7 aromatic rings. The molecule has 324 valence electrons. The van der Waals surface area contributed by atoms with Gasteiger partial charge >= 0.3 is 0 Å². The lowest BCUT2D eigenvalue weighted by Gasteiger charge is -2.29. The van der Waals surface area contributed by atoms with E-state index in [1.54, 1.807) is 0 Å². The average molecular weight is 823 g/mol. The molecule has 0 aromatic heterocycles. The minimum atomic E-state index is 0.505. The van der Waals surface area contributed by atoms with Gasteiger partial charge in [0.15, 0.2) is 0 Å². The molecule has 62 heavy (non-hydrogen) atoms. The van der Waals surface area contributed by atoms with Gasteiger partial charge < -0.3 is 10.2 Å². The first-order valence-electron chi connectivity index (χ1n) is 24.0. The van der Waals surface area contributed by atoms with E-state index in [-0.39, 0.29) is 0 Å². The molecule has 0 unspecified atom stereocenters. The number of nitrogens with one attached hydrogen (secondary N) is 1. The zero-order valence-corrected chi connectivity index (χ0v) is 39.4. The Bertz CT molecular complexity index is 2400. The summed E-state index contributed by atoms with van der Waals surface area (Å²) in [5, 5.41) is 8.72. The summed E-state index contributed by atoms with van der Waals surface area (Å²) in [6, 6.07) is 52.4. The Labute approximate surface area is 375 Å². The number of fused-ring (bicyclic) bond motifs is 2. The molecule has 2 heteroatoms. The summed E-state index contributed by atoms with van der Waals surface area (Å²) in [6.07, 6.45) is 15.4. The van der Waals surface area contributed by atoms with Crippen molar-refractivity contribution in [3.63, 3.8) is 0 Å². The second kappa shape index (κ2) is 23.2. The van der Waals surface area contributed by atoms with Crippen LogP contribution in [0.3, 0.4) is 0 Å². The highest BCUT2D eigenvalue weighted by Crippen LogP contribution is 2.45. The lowest BCUT2D eigenvalue weighted by Crippen LogP contribution is -2.11. The van der Waals surface area contributed by atoms with E-state index in [9.17, 15) is 0 Å². The average Bonchev–Trinajstić information content (AvgIpc) is 3.28. The highest BCUT2D eigenvalue weighted by Gasteiger charge is 2.20. The number of rotatable bonds is 19. The van der Waals surface area contributed by atoms with Gasteiger partial charge in [-0.2, -0.15) is 0 Å². The van der Waals surface area contributed by atoms with Crippen LogP contribution in [0.1, 0.15) is 151 Å². The summed E-state index contributed by atoms with van der Waals surface area (Å²) in [6.45, 7) is 17.8. The van der Waals surface area contributed by atoms with Crippen LogP contribution in [0.15, 0.2) is 140 Å². The monoisotopic (exact) mass is 823 g/mol. The minimum Gasteiger partial charge on any atom is -0.356 e. The molecular formula is C60H74N2. The van der Waals surface area contributed by atoms with Gasteiger partial charge in [0.05, 0.1) is 5.69 Å². The van der Waals surface area contributed by atoms with E-state index in [1.165, 1.54) is 136 Å². The van der Waals surface area contributed by atoms with Crippen molar-refractivity contribution in [2.24, 2.45) is 0 Å². The van der Waals surface area contributed by atoms with Crippen LogP contribution in [0.2, 0.25) is 0 Å². The van der Waals surface area contributed by atoms with Gasteiger partial charge in [-0.1, -0.05) is 183 Å². The standard InChI is InChI=1S/C44H55N.C16H19N/c1-6-8-10-12-13-15-17-36-20-22-38-32-39-30-35(16-14-11-9-7-2)21-29-42(39)44(43(38)31-36)45(40-25-18-34(5)19-26-40)41-27-23-37(24-28-41)33(3)4;1-12(2)14-6-10-16(11-7-14)17-15-8-4-13(3)5-9-15/h18-33H,6-17H2,1-5H3;4-12,17H,1-3H3. The van der Waals surface area contributed by atoms with Crippen LogP contribution in [0.4, 0.5) is 28.4 Å². The molecule has 1 N–H and O–H groups in total. The van der Waals surface area contributed by atoms with Gasteiger partial charge in [0, 0.05) is 33.5 Å². The predicted octanol–water partition coefficient (Wildman–Crippen LogP) is 18.8. The van der Waals surface area contributed by atoms with Crippen molar-refractivity contribution >= 4 is 50.0 Å². The van der Waals surface area contributed by atoms with Crippen molar-refractivity contribution in [1.82, 2.24) is 0 Å². The van der Waals surface area contributed by atoms with Crippen LogP contribution in [0.25, 0.3) is 21.5 Å². The van der Waals surface area contributed by atoms with Crippen molar-refractivity contribution in [2.75, 3.05) is 10.2 Å². The van der Waals surface area contributed by atoms with E-state index in [4.69, 9.17) is 0 Å². The Hall–Kier alpha value is -5.34. The first kappa shape index (κ1) is 46.2. The smallest absolute Gasteiger partial charge is 0.0618 e. The van der Waals surface area contributed by atoms with Crippen molar-refractivity contribution in [3.05, 3.63) is 173 Å². The molecule has 0 saturated heterocycles. The number of hydrogen-bond acceptors (Lipinski definition) is 2. The topological polar surface area (TPSA) is 15.3 Å². The highest BCUT2D eigenvalue weighted by molar-refractivity contribution is 6.14. The molecule has 0 heterocycles. The summed E-state index contributed by atoms with van der Waals surface area (Å²) in [5.41, 5.74) is 14.2. The van der Waals surface area contributed by atoms with Crippen molar-refractivity contribution in [3.8, 4) is 0 Å². The van der Waals surface area contributed by atoms with Crippen LogP contribution >= 0.6 is 0 Å². The first-order valence-corrected chi connectivity index (χ1v) is 24.0. The van der Waals surface area contributed by atoms with Crippen LogP contribution in [-0.4, -0.2) is 0 Å². The molecular weight excluding hydrogens is 749 g/mol. The SMILES string of the molecule is CCCCCCCCc1ccc2cc3cc(CCCCCC)ccc3c(N(c3ccc(C)cc3)c3ccc(C(C)C)cc3)c2c1.Cc1ccc(Nc2ccc(C(C)C)cc2)cc1.